The Labute approximate surface area is 119 Å². The van der Waals surface area contributed by atoms with Crippen LogP contribution in [0, 0.1) is 12.0 Å². The van der Waals surface area contributed by atoms with Crippen molar-refractivity contribution in [2.45, 2.75) is 25.2 Å². The Morgan fingerprint density at radius 2 is 2.43 bits per heavy atom. The number of anilines is 1. The van der Waals surface area contributed by atoms with E-state index in [2.05, 4.69) is 9.97 Å². The molecule has 0 unspecified atom stereocenters. The summed E-state index contributed by atoms with van der Waals surface area (Å²) in [4.78, 5) is 18.5. The predicted molar refractivity (Wildman–Crippen MR) is 71.7 cm³/mol. The minimum Gasteiger partial charge on any atom is -0.393 e. The monoisotopic (exact) mass is 294 g/mol. The van der Waals surface area contributed by atoms with Crippen molar-refractivity contribution >= 4 is 23.1 Å². The SMILES string of the molecule is C[C@H]1C[C@H](n2ccc3c(N)nc(F)nc32)O[C@]1(C=O)CO. The number of hydrogen-bond donors (Lipinski definition) is 2. The van der Waals surface area contributed by atoms with Gasteiger partial charge >= 0.3 is 6.08 Å². The summed E-state index contributed by atoms with van der Waals surface area (Å²) < 4.78 is 20.7. The van der Waals surface area contributed by atoms with E-state index >= 15 is 0 Å². The zero-order chi connectivity index (χ0) is 15.2. The van der Waals surface area contributed by atoms with Gasteiger partial charge in [-0.25, -0.2) is 0 Å². The number of halogens is 1. The molecule has 0 bridgehead atoms. The molecule has 1 saturated heterocycles. The molecule has 0 radical (unpaired) electrons. The van der Waals surface area contributed by atoms with E-state index in [0.717, 1.165) is 0 Å². The van der Waals surface area contributed by atoms with Gasteiger partial charge in [0.25, 0.3) is 0 Å². The molecule has 0 aromatic carbocycles. The third-order valence-electron chi connectivity index (χ3n) is 4.08. The van der Waals surface area contributed by atoms with Crippen molar-refractivity contribution in [1.29, 1.82) is 0 Å². The van der Waals surface area contributed by atoms with E-state index in [4.69, 9.17) is 10.5 Å². The largest absolute Gasteiger partial charge is 0.393 e. The van der Waals surface area contributed by atoms with Crippen molar-refractivity contribution in [3.63, 3.8) is 0 Å². The van der Waals surface area contributed by atoms with Gasteiger partial charge in [0.15, 0.2) is 17.5 Å². The highest BCUT2D eigenvalue weighted by atomic mass is 19.1. The lowest BCUT2D eigenvalue weighted by Gasteiger charge is -2.24. The third-order valence-corrected chi connectivity index (χ3v) is 4.08. The molecule has 21 heavy (non-hydrogen) atoms. The molecule has 3 heterocycles. The third kappa shape index (κ3) is 1.98. The molecule has 3 N–H and O–H groups in total. The van der Waals surface area contributed by atoms with Gasteiger partial charge in [0.1, 0.15) is 12.0 Å². The summed E-state index contributed by atoms with van der Waals surface area (Å²) in [6, 6.07) is 1.66. The molecule has 2 aromatic rings. The number of nitrogens with zero attached hydrogens (tertiary/aromatic N) is 3. The van der Waals surface area contributed by atoms with Gasteiger partial charge in [0, 0.05) is 6.20 Å². The van der Waals surface area contributed by atoms with Gasteiger partial charge in [-0.15, -0.1) is 0 Å². The normalized spacial score (nSPS) is 29.1. The Morgan fingerprint density at radius 1 is 1.67 bits per heavy atom. The predicted octanol–water partition coefficient (Wildman–Crippen LogP) is 0.638. The summed E-state index contributed by atoms with van der Waals surface area (Å²) >= 11 is 0. The zero-order valence-corrected chi connectivity index (χ0v) is 11.4. The van der Waals surface area contributed by atoms with E-state index in [-0.39, 0.29) is 11.7 Å². The average Bonchev–Trinajstić information content (AvgIpc) is 3.00. The Hall–Kier alpha value is -2.06. The van der Waals surface area contributed by atoms with E-state index in [9.17, 15) is 14.3 Å². The van der Waals surface area contributed by atoms with E-state index in [1.165, 1.54) is 0 Å². The average molecular weight is 294 g/mol. The summed E-state index contributed by atoms with van der Waals surface area (Å²) in [5.74, 6) is -0.127. The van der Waals surface area contributed by atoms with E-state index < -0.39 is 24.5 Å². The topological polar surface area (TPSA) is 103 Å². The quantitative estimate of drug-likeness (QED) is 0.636. The van der Waals surface area contributed by atoms with Crippen LogP contribution >= 0.6 is 0 Å². The van der Waals surface area contributed by atoms with E-state index in [1.807, 2.05) is 6.92 Å². The number of carbonyl (C=O) groups is 1. The molecule has 0 aliphatic carbocycles. The molecular formula is C13H15FN4O3. The van der Waals surface area contributed by atoms with Gasteiger partial charge in [-0.1, -0.05) is 6.92 Å². The maximum atomic E-state index is 13.4. The molecule has 112 valence electrons. The van der Waals surface area contributed by atoms with Gasteiger partial charge in [-0.2, -0.15) is 14.4 Å². The second kappa shape index (κ2) is 4.74. The number of nitrogens with two attached hydrogens (primary N) is 1. The lowest BCUT2D eigenvalue weighted by molar-refractivity contribution is -0.144. The summed E-state index contributed by atoms with van der Waals surface area (Å²) in [6.45, 7) is 1.42. The summed E-state index contributed by atoms with van der Waals surface area (Å²) in [5, 5.41) is 9.95. The van der Waals surface area contributed by atoms with Crippen LogP contribution in [0.2, 0.25) is 0 Å². The maximum Gasteiger partial charge on any atom is 0.312 e. The molecule has 0 spiro atoms. The van der Waals surface area contributed by atoms with Crippen molar-refractivity contribution in [3.05, 3.63) is 18.3 Å². The van der Waals surface area contributed by atoms with Crippen LogP contribution in [0.25, 0.3) is 11.0 Å². The Balaban J connectivity index is 2.05. The van der Waals surface area contributed by atoms with Gasteiger partial charge in [0.05, 0.1) is 12.0 Å². The Kier molecular flexibility index (Phi) is 3.14. The number of carbonyl (C=O) groups excluding carboxylic acids is 1. The number of aliphatic hydroxyl groups excluding tert-OH is 1. The molecule has 1 aliphatic rings. The number of hydrogen-bond acceptors (Lipinski definition) is 6. The number of rotatable bonds is 3. The maximum absolute atomic E-state index is 13.4. The zero-order valence-electron chi connectivity index (χ0n) is 11.4. The number of ether oxygens (including phenoxy) is 1. The first-order chi connectivity index (χ1) is 10.0. The van der Waals surface area contributed by atoms with Gasteiger partial charge < -0.3 is 24.9 Å². The summed E-state index contributed by atoms with van der Waals surface area (Å²) in [7, 11) is 0. The lowest BCUT2D eigenvalue weighted by Crippen LogP contribution is -2.40. The van der Waals surface area contributed by atoms with Crippen LogP contribution in [0.4, 0.5) is 10.2 Å². The number of aldehydes is 1. The summed E-state index contributed by atoms with van der Waals surface area (Å²) in [6.07, 6.45) is 1.32. The minimum atomic E-state index is -1.24. The Morgan fingerprint density at radius 3 is 3.05 bits per heavy atom. The number of aliphatic hydroxyl groups is 1. The second-order valence-electron chi connectivity index (χ2n) is 5.28. The van der Waals surface area contributed by atoms with Crippen LogP contribution in [0.1, 0.15) is 19.6 Å². The standard InChI is InChI=1S/C13H15FN4O3/c1-7-4-9(21-13(7,5-19)6-20)18-3-2-8-10(15)16-12(14)17-11(8)18/h2-3,5,7,9,20H,4,6H2,1H3,(H2,15,16,17)/t7-,9+,13+/m0/s1. The minimum absolute atomic E-state index is 0.0473. The number of nitrogen functional groups attached to an aromatic ring is 1. The molecule has 3 rings (SSSR count). The van der Waals surface area contributed by atoms with Crippen LogP contribution in [0.5, 0.6) is 0 Å². The fraction of sp³-hybridized carbons (Fsp3) is 0.462. The highest BCUT2D eigenvalue weighted by molar-refractivity contribution is 5.86. The highest BCUT2D eigenvalue weighted by Crippen LogP contribution is 2.41. The second-order valence-corrected chi connectivity index (χ2v) is 5.28. The molecule has 8 heteroatoms. The lowest BCUT2D eigenvalue weighted by atomic mass is 9.91. The number of fused-ring (bicyclic) bond motifs is 1. The first kappa shape index (κ1) is 13.9. The molecule has 1 aliphatic heterocycles. The number of aromatic nitrogens is 3. The van der Waals surface area contributed by atoms with Gasteiger partial charge in [-0.3, -0.25) is 0 Å². The smallest absolute Gasteiger partial charge is 0.312 e. The molecule has 1 fully saturated rings. The van der Waals surface area contributed by atoms with Gasteiger partial charge in [-0.05, 0) is 18.4 Å². The van der Waals surface area contributed by atoms with Crippen LogP contribution in [0.3, 0.4) is 0 Å². The van der Waals surface area contributed by atoms with Crippen molar-refractivity contribution < 1.29 is 19.0 Å². The van der Waals surface area contributed by atoms with Gasteiger partial charge in [0.2, 0.25) is 0 Å². The fourth-order valence-corrected chi connectivity index (χ4v) is 2.73. The molecule has 0 saturated carbocycles. The van der Waals surface area contributed by atoms with Crippen molar-refractivity contribution in [2.75, 3.05) is 12.3 Å². The summed E-state index contributed by atoms with van der Waals surface area (Å²) in [5.41, 5.74) is 4.73. The van der Waals surface area contributed by atoms with Crippen molar-refractivity contribution in [2.24, 2.45) is 5.92 Å². The van der Waals surface area contributed by atoms with Crippen LogP contribution in [-0.4, -0.2) is 38.1 Å². The molecule has 2 aromatic heterocycles. The highest BCUT2D eigenvalue weighted by Gasteiger charge is 2.47. The van der Waals surface area contributed by atoms with E-state index in [0.29, 0.717) is 23.7 Å². The molecular weight excluding hydrogens is 279 g/mol. The van der Waals surface area contributed by atoms with Crippen LogP contribution in [-0.2, 0) is 9.53 Å². The first-order valence-electron chi connectivity index (χ1n) is 6.55. The van der Waals surface area contributed by atoms with Crippen molar-refractivity contribution in [1.82, 2.24) is 14.5 Å². The molecule has 0 amide bonds. The first-order valence-corrected chi connectivity index (χ1v) is 6.55. The van der Waals surface area contributed by atoms with Crippen LogP contribution < -0.4 is 5.73 Å². The molecule has 3 atom stereocenters. The van der Waals surface area contributed by atoms with E-state index in [1.54, 1.807) is 16.8 Å². The van der Waals surface area contributed by atoms with Crippen molar-refractivity contribution in [3.8, 4) is 0 Å². The van der Waals surface area contributed by atoms with Crippen LogP contribution in [0.15, 0.2) is 12.3 Å². The fourth-order valence-electron chi connectivity index (χ4n) is 2.73. The molecule has 7 nitrogen and oxygen atoms in total. The Bertz CT molecular complexity index is 704.